The number of hydrogen-bond acceptors (Lipinski definition) is 4. The van der Waals surface area contributed by atoms with Gasteiger partial charge < -0.3 is 10.4 Å². The molecule has 2 rings (SSSR count). The highest BCUT2D eigenvalue weighted by Gasteiger charge is 2.14. The largest absolute Gasteiger partial charge is 0.872 e. The Hall–Kier alpha value is -2.89. The fourth-order valence-corrected chi connectivity index (χ4v) is 2.22. The van der Waals surface area contributed by atoms with Gasteiger partial charge in [-0.1, -0.05) is 39.0 Å². The number of carbonyl (C=O) groups is 1. The normalized spacial score (nSPS) is 11.1. The zero-order valence-electron chi connectivity index (χ0n) is 13.8. The van der Waals surface area contributed by atoms with E-state index < -0.39 is 4.92 Å². The number of non-ortho nitro benzene ring substituents is 1. The van der Waals surface area contributed by atoms with E-state index in [-0.39, 0.29) is 34.9 Å². The summed E-state index contributed by atoms with van der Waals surface area (Å²) in [7, 11) is 0. The maximum atomic E-state index is 12.2. The van der Waals surface area contributed by atoms with Crippen LogP contribution in [0.25, 0.3) is 0 Å². The molecule has 1 N–H and O–H groups in total. The highest BCUT2D eigenvalue weighted by atomic mass is 16.6. The van der Waals surface area contributed by atoms with Crippen LogP contribution >= 0.6 is 0 Å². The molecule has 6 heteroatoms. The molecule has 0 saturated heterocycles. The second-order valence-corrected chi connectivity index (χ2v) is 6.56. The molecule has 0 unspecified atom stereocenters. The van der Waals surface area contributed by atoms with E-state index in [1.807, 2.05) is 12.1 Å². The standard InChI is InChI=1S/C18H20N2O4/c1-18(2,3)14-6-4-12(5-7-14)17(22)19-11-13-10-15(20(23)24)8-9-16(13)21/h4-10,21H,11H2,1-3H3,(H,19,22)/p-1. The van der Waals surface area contributed by atoms with E-state index in [2.05, 4.69) is 26.1 Å². The van der Waals surface area contributed by atoms with Gasteiger partial charge in [0.1, 0.15) is 0 Å². The summed E-state index contributed by atoms with van der Waals surface area (Å²) in [6, 6.07) is 10.7. The van der Waals surface area contributed by atoms with Crippen LogP contribution in [0.15, 0.2) is 42.5 Å². The third kappa shape index (κ3) is 4.10. The molecule has 126 valence electrons. The molecule has 0 atom stereocenters. The molecule has 0 aliphatic rings. The van der Waals surface area contributed by atoms with Crippen molar-refractivity contribution in [1.82, 2.24) is 5.32 Å². The van der Waals surface area contributed by atoms with Crippen molar-refractivity contribution in [3.63, 3.8) is 0 Å². The van der Waals surface area contributed by atoms with Gasteiger partial charge in [-0.2, -0.15) is 0 Å². The summed E-state index contributed by atoms with van der Waals surface area (Å²) in [4.78, 5) is 22.3. The van der Waals surface area contributed by atoms with Crippen molar-refractivity contribution in [1.29, 1.82) is 0 Å². The smallest absolute Gasteiger partial charge is 0.269 e. The molecule has 2 aromatic rings. The number of rotatable bonds is 4. The number of nitrogens with one attached hydrogen (secondary N) is 1. The summed E-state index contributed by atoms with van der Waals surface area (Å²) >= 11 is 0. The summed E-state index contributed by atoms with van der Waals surface area (Å²) < 4.78 is 0. The van der Waals surface area contributed by atoms with Crippen LogP contribution in [0.3, 0.4) is 0 Å². The molecule has 0 aliphatic carbocycles. The Balaban J connectivity index is 2.08. The lowest BCUT2D eigenvalue weighted by Crippen LogP contribution is -2.23. The number of nitro groups is 1. The van der Waals surface area contributed by atoms with Gasteiger partial charge in [0.25, 0.3) is 11.6 Å². The summed E-state index contributed by atoms with van der Waals surface area (Å²) in [5, 5.41) is 25.1. The number of nitro benzene ring substituents is 1. The maximum absolute atomic E-state index is 12.2. The lowest BCUT2D eigenvalue weighted by Gasteiger charge is -2.19. The van der Waals surface area contributed by atoms with Crippen LogP contribution in [0, 0.1) is 10.1 Å². The number of nitrogens with zero attached hydrogens (tertiary/aromatic N) is 1. The van der Waals surface area contributed by atoms with Crippen molar-refractivity contribution >= 4 is 11.6 Å². The number of benzene rings is 2. The number of hydrogen-bond donors (Lipinski definition) is 1. The predicted octanol–water partition coefficient (Wildman–Crippen LogP) is 2.90. The monoisotopic (exact) mass is 327 g/mol. The Morgan fingerprint density at radius 2 is 1.75 bits per heavy atom. The Morgan fingerprint density at radius 3 is 2.29 bits per heavy atom. The average Bonchev–Trinajstić information content (AvgIpc) is 2.52. The zero-order valence-corrected chi connectivity index (χ0v) is 13.8. The molecule has 0 radical (unpaired) electrons. The van der Waals surface area contributed by atoms with Crippen LogP contribution in [0.5, 0.6) is 5.75 Å². The third-order valence-electron chi connectivity index (χ3n) is 3.71. The van der Waals surface area contributed by atoms with Crippen molar-refractivity contribution in [3.8, 4) is 5.75 Å². The van der Waals surface area contributed by atoms with Crippen molar-refractivity contribution in [2.45, 2.75) is 32.7 Å². The van der Waals surface area contributed by atoms with Gasteiger partial charge in [-0.25, -0.2) is 0 Å². The molecule has 0 spiro atoms. The Bertz CT molecular complexity index is 762. The van der Waals surface area contributed by atoms with Gasteiger partial charge >= 0.3 is 0 Å². The van der Waals surface area contributed by atoms with Gasteiger partial charge in [-0.15, -0.1) is 5.75 Å². The molecule has 0 fully saturated rings. The summed E-state index contributed by atoms with van der Waals surface area (Å²) in [5.41, 5.74) is 1.59. The molecule has 24 heavy (non-hydrogen) atoms. The van der Waals surface area contributed by atoms with Gasteiger partial charge in [0, 0.05) is 24.2 Å². The van der Waals surface area contributed by atoms with E-state index in [0.717, 1.165) is 17.7 Å². The van der Waals surface area contributed by atoms with E-state index in [1.54, 1.807) is 12.1 Å². The number of carbonyl (C=O) groups excluding carboxylic acids is 1. The van der Waals surface area contributed by atoms with Gasteiger partial charge in [0.05, 0.1) is 4.92 Å². The summed E-state index contributed by atoms with van der Waals surface area (Å²) in [6.07, 6.45) is 0. The zero-order chi connectivity index (χ0) is 17.9. The Morgan fingerprint density at radius 1 is 1.12 bits per heavy atom. The minimum absolute atomic E-state index is 0.00452. The van der Waals surface area contributed by atoms with Gasteiger partial charge in [-0.05, 0) is 28.7 Å². The Kier molecular flexibility index (Phi) is 4.87. The lowest BCUT2D eigenvalue weighted by molar-refractivity contribution is -0.385. The summed E-state index contributed by atoms with van der Waals surface area (Å²) in [5.74, 6) is -0.676. The molecule has 0 aromatic heterocycles. The Labute approximate surface area is 140 Å². The fraction of sp³-hybridized carbons (Fsp3) is 0.278. The molecular weight excluding hydrogens is 308 g/mol. The van der Waals surface area contributed by atoms with Gasteiger partial charge in [0.15, 0.2) is 0 Å². The number of amides is 1. The van der Waals surface area contributed by atoms with E-state index >= 15 is 0 Å². The first-order chi connectivity index (χ1) is 11.2. The highest BCUT2D eigenvalue weighted by molar-refractivity contribution is 5.94. The maximum Gasteiger partial charge on any atom is 0.269 e. The first kappa shape index (κ1) is 17.5. The third-order valence-corrected chi connectivity index (χ3v) is 3.71. The minimum atomic E-state index is -0.573. The molecule has 0 aliphatic heterocycles. The van der Waals surface area contributed by atoms with E-state index in [4.69, 9.17) is 0 Å². The second kappa shape index (κ2) is 6.70. The van der Waals surface area contributed by atoms with Crippen LogP contribution in [-0.4, -0.2) is 10.8 Å². The van der Waals surface area contributed by atoms with Crippen LogP contribution < -0.4 is 10.4 Å². The molecule has 1 amide bonds. The van der Waals surface area contributed by atoms with Crippen LogP contribution in [0.4, 0.5) is 5.69 Å². The van der Waals surface area contributed by atoms with E-state index in [1.165, 1.54) is 6.07 Å². The molecular formula is C18H19N2O4-. The highest BCUT2D eigenvalue weighted by Crippen LogP contribution is 2.23. The molecule has 0 saturated carbocycles. The second-order valence-electron chi connectivity index (χ2n) is 6.56. The van der Waals surface area contributed by atoms with E-state index in [0.29, 0.717) is 5.56 Å². The van der Waals surface area contributed by atoms with Crippen LogP contribution in [0.1, 0.15) is 42.3 Å². The van der Waals surface area contributed by atoms with E-state index in [9.17, 15) is 20.0 Å². The SMILES string of the molecule is CC(C)(C)c1ccc(C(=O)NCc2cc([N+](=O)[O-])ccc2[O-])cc1. The predicted molar refractivity (Wildman–Crippen MR) is 88.9 cm³/mol. The minimum Gasteiger partial charge on any atom is -0.872 e. The molecule has 0 heterocycles. The van der Waals surface area contributed by atoms with Crippen LogP contribution in [-0.2, 0) is 12.0 Å². The lowest BCUT2D eigenvalue weighted by atomic mass is 9.87. The van der Waals surface area contributed by atoms with Crippen molar-refractivity contribution in [2.75, 3.05) is 0 Å². The molecule has 6 nitrogen and oxygen atoms in total. The van der Waals surface area contributed by atoms with Crippen molar-refractivity contribution in [3.05, 3.63) is 69.3 Å². The van der Waals surface area contributed by atoms with Crippen molar-refractivity contribution < 1.29 is 14.8 Å². The quantitative estimate of drug-likeness (QED) is 0.690. The van der Waals surface area contributed by atoms with Gasteiger partial charge in [0.2, 0.25) is 0 Å². The molecule has 0 bridgehead atoms. The first-order valence-corrected chi connectivity index (χ1v) is 7.51. The average molecular weight is 327 g/mol. The fourth-order valence-electron chi connectivity index (χ4n) is 2.22. The topological polar surface area (TPSA) is 95.3 Å². The van der Waals surface area contributed by atoms with Crippen LogP contribution in [0.2, 0.25) is 0 Å². The first-order valence-electron chi connectivity index (χ1n) is 7.51. The molecule has 2 aromatic carbocycles. The van der Waals surface area contributed by atoms with Crippen molar-refractivity contribution in [2.24, 2.45) is 0 Å². The van der Waals surface area contributed by atoms with Gasteiger partial charge in [-0.3, -0.25) is 14.9 Å². The summed E-state index contributed by atoms with van der Waals surface area (Å²) in [6.45, 7) is 6.20.